The Labute approximate surface area is 138 Å². The highest BCUT2D eigenvalue weighted by Crippen LogP contribution is 2.58. The standard InChI is InChI=1S/C16H27N3O2.ClH/c20-14(12-3-1-4-12)18-7-2-8-19-15(21)13-11-16(13)5-9-17-10-6-16;/h12-13,17H,1-11H2,(H,18,20)(H,19,21);1H. The molecule has 3 fully saturated rings. The van der Waals surface area contributed by atoms with Gasteiger partial charge in [0, 0.05) is 24.9 Å². The smallest absolute Gasteiger partial charge is 0.223 e. The first-order chi connectivity index (χ1) is 10.2. The number of halogens is 1. The summed E-state index contributed by atoms with van der Waals surface area (Å²) in [6, 6.07) is 0. The molecule has 3 aliphatic rings. The second-order valence-electron chi connectivity index (χ2n) is 6.93. The number of amides is 2. The molecule has 2 saturated carbocycles. The van der Waals surface area contributed by atoms with E-state index in [-0.39, 0.29) is 36.1 Å². The van der Waals surface area contributed by atoms with Crippen LogP contribution in [0.4, 0.5) is 0 Å². The monoisotopic (exact) mass is 329 g/mol. The number of carbonyl (C=O) groups excluding carboxylic acids is 2. The van der Waals surface area contributed by atoms with Crippen molar-refractivity contribution in [1.82, 2.24) is 16.0 Å². The summed E-state index contributed by atoms with van der Waals surface area (Å²) in [6.45, 7) is 3.46. The minimum atomic E-state index is 0. The molecule has 22 heavy (non-hydrogen) atoms. The van der Waals surface area contributed by atoms with Crippen molar-refractivity contribution in [2.75, 3.05) is 26.2 Å². The Kier molecular flexibility index (Phi) is 6.09. The van der Waals surface area contributed by atoms with E-state index in [0.29, 0.717) is 18.5 Å². The van der Waals surface area contributed by atoms with Gasteiger partial charge in [0.2, 0.25) is 11.8 Å². The molecule has 0 aromatic carbocycles. The molecule has 5 nitrogen and oxygen atoms in total. The van der Waals surface area contributed by atoms with Crippen LogP contribution < -0.4 is 16.0 Å². The van der Waals surface area contributed by atoms with Crippen LogP contribution in [0.5, 0.6) is 0 Å². The first kappa shape index (κ1) is 17.5. The zero-order valence-corrected chi connectivity index (χ0v) is 14.0. The maximum absolute atomic E-state index is 12.1. The number of carbonyl (C=O) groups is 2. The topological polar surface area (TPSA) is 70.2 Å². The van der Waals surface area contributed by atoms with Gasteiger partial charge in [-0.05, 0) is 57.0 Å². The van der Waals surface area contributed by atoms with Crippen LogP contribution in [0, 0.1) is 17.3 Å². The van der Waals surface area contributed by atoms with E-state index in [1.807, 2.05) is 0 Å². The fourth-order valence-electron chi connectivity index (χ4n) is 3.65. The average Bonchev–Trinajstić information content (AvgIpc) is 3.10. The lowest BCUT2D eigenvalue weighted by Crippen LogP contribution is -2.37. The molecule has 0 radical (unpaired) electrons. The molecule has 1 aliphatic heterocycles. The lowest BCUT2D eigenvalue weighted by molar-refractivity contribution is -0.127. The number of rotatable bonds is 6. The molecule has 0 aromatic heterocycles. The van der Waals surface area contributed by atoms with E-state index in [4.69, 9.17) is 0 Å². The van der Waals surface area contributed by atoms with Crippen molar-refractivity contribution in [2.45, 2.75) is 44.9 Å². The second-order valence-corrected chi connectivity index (χ2v) is 6.93. The van der Waals surface area contributed by atoms with Crippen LogP contribution in [-0.2, 0) is 9.59 Å². The minimum Gasteiger partial charge on any atom is -0.356 e. The summed E-state index contributed by atoms with van der Waals surface area (Å²) in [5, 5.41) is 9.36. The highest BCUT2D eigenvalue weighted by atomic mass is 35.5. The fourth-order valence-corrected chi connectivity index (χ4v) is 3.65. The highest BCUT2D eigenvalue weighted by molar-refractivity contribution is 5.85. The molecule has 1 saturated heterocycles. The molecular formula is C16H28ClN3O2. The maximum atomic E-state index is 12.1. The molecule has 1 spiro atoms. The van der Waals surface area contributed by atoms with Gasteiger partial charge in [0.15, 0.2) is 0 Å². The first-order valence-corrected chi connectivity index (χ1v) is 8.47. The van der Waals surface area contributed by atoms with Gasteiger partial charge in [0.1, 0.15) is 0 Å². The molecule has 6 heteroatoms. The van der Waals surface area contributed by atoms with Gasteiger partial charge in [-0.3, -0.25) is 9.59 Å². The van der Waals surface area contributed by atoms with Crippen molar-refractivity contribution in [3.8, 4) is 0 Å². The molecular weight excluding hydrogens is 302 g/mol. The number of hydrogen-bond acceptors (Lipinski definition) is 3. The average molecular weight is 330 g/mol. The van der Waals surface area contributed by atoms with E-state index < -0.39 is 0 Å². The Balaban J connectivity index is 0.00000176. The summed E-state index contributed by atoms with van der Waals surface area (Å²) in [4.78, 5) is 23.8. The molecule has 2 aliphatic carbocycles. The molecule has 0 bridgehead atoms. The summed E-state index contributed by atoms with van der Waals surface area (Å²) in [6.07, 6.45) is 7.45. The molecule has 1 unspecified atom stereocenters. The summed E-state index contributed by atoms with van der Waals surface area (Å²) in [7, 11) is 0. The number of hydrogen-bond donors (Lipinski definition) is 3. The third kappa shape index (κ3) is 3.93. The highest BCUT2D eigenvalue weighted by Gasteiger charge is 2.57. The third-order valence-electron chi connectivity index (χ3n) is 5.53. The first-order valence-electron chi connectivity index (χ1n) is 8.47. The predicted octanol–water partition coefficient (Wildman–Crippen LogP) is 1.22. The van der Waals surface area contributed by atoms with Crippen LogP contribution in [0.3, 0.4) is 0 Å². The van der Waals surface area contributed by atoms with Crippen LogP contribution in [-0.4, -0.2) is 38.0 Å². The zero-order valence-electron chi connectivity index (χ0n) is 13.2. The molecule has 1 heterocycles. The molecule has 0 aromatic rings. The molecule has 3 N–H and O–H groups in total. The fraction of sp³-hybridized carbons (Fsp3) is 0.875. The van der Waals surface area contributed by atoms with Gasteiger partial charge in [0.25, 0.3) is 0 Å². The minimum absolute atomic E-state index is 0. The van der Waals surface area contributed by atoms with Crippen LogP contribution in [0.2, 0.25) is 0 Å². The molecule has 2 amide bonds. The quantitative estimate of drug-likeness (QED) is 0.642. The lowest BCUT2D eigenvalue weighted by Gasteiger charge is -2.24. The molecule has 3 rings (SSSR count). The lowest BCUT2D eigenvalue weighted by atomic mass is 9.85. The van der Waals surface area contributed by atoms with Crippen molar-refractivity contribution in [3.05, 3.63) is 0 Å². The summed E-state index contributed by atoms with van der Waals surface area (Å²) in [5.41, 5.74) is 0.313. The SMILES string of the molecule is Cl.O=C(NCCCNC(=O)C1CC12CCNCC2)C1CCC1. The van der Waals surface area contributed by atoms with Gasteiger partial charge >= 0.3 is 0 Å². The van der Waals surface area contributed by atoms with Gasteiger partial charge in [-0.15, -0.1) is 12.4 Å². The number of nitrogens with one attached hydrogen (secondary N) is 3. The van der Waals surface area contributed by atoms with Crippen molar-refractivity contribution in [1.29, 1.82) is 0 Å². The predicted molar refractivity (Wildman–Crippen MR) is 87.9 cm³/mol. The second kappa shape index (κ2) is 7.64. The van der Waals surface area contributed by atoms with Crippen molar-refractivity contribution < 1.29 is 9.59 Å². The molecule has 1 atom stereocenters. The van der Waals surface area contributed by atoms with E-state index in [0.717, 1.165) is 51.6 Å². The Bertz CT molecular complexity index is 406. The van der Waals surface area contributed by atoms with E-state index in [2.05, 4.69) is 16.0 Å². The normalized spacial score (nSPS) is 25.7. The number of piperidine rings is 1. The van der Waals surface area contributed by atoms with Crippen LogP contribution in [0.15, 0.2) is 0 Å². The largest absolute Gasteiger partial charge is 0.356 e. The zero-order chi connectivity index (χ0) is 14.7. The van der Waals surface area contributed by atoms with Gasteiger partial charge in [0.05, 0.1) is 0 Å². The molecule has 126 valence electrons. The van der Waals surface area contributed by atoms with Crippen LogP contribution in [0.25, 0.3) is 0 Å². The van der Waals surface area contributed by atoms with Crippen LogP contribution in [0.1, 0.15) is 44.9 Å². The van der Waals surface area contributed by atoms with Gasteiger partial charge in [-0.2, -0.15) is 0 Å². The summed E-state index contributed by atoms with van der Waals surface area (Å²) < 4.78 is 0. The van der Waals surface area contributed by atoms with Crippen molar-refractivity contribution in [3.63, 3.8) is 0 Å². The van der Waals surface area contributed by atoms with Gasteiger partial charge < -0.3 is 16.0 Å². The van der Waals surface area contributed by atoms with E-state index >= 15 is 0 Å². The van der Waals surface area contributed by atoms with Gasteiger partial charge in [-0.25, -0.2) is 0 Å². The van der Waals surface area contributed by atoms with Crippen LogP contribution >= 0.6 is 12.4 Å². The summed E-state index contributed by atoms with van der Waals surface area (Å²) in [5.74, 6) is 0.917. The van der Waals surface area contributed by atoms with E-state index in [1.165, 1.54) is 6.42 Å². The van der Waals surface area contributed by atoms with Gasteiger partial charge in [-0.1, -0.05) is 6.42 Å². The Morgan fingerprint density at radius 3 is 2.27 bits per heavy atom. The Morgan fingerprint density at radius 2 is 1.68 bits per heavy atom. The van der Waals surface area contributed by atoms with E-state index in [1.54, 1.807) is 0 Å². The van der Waals surface area contributed by atoms with Crippen molar-refractivity contribution in [2.24, 2.45) is 17.3 Å². The Hall–Kier alpha value is -0.810. The Morgan fingerprint density at radius 1 is 1.05 bits per heavy atom. The maximum Gasteiger partial charge on any atom is 0.223 e. The van der Waals surface area contributed by atoms with Crippen molar-refractivity contribution >= 4 is 24.2 Å². The third-order valence-corrected chi connectivity index (χ3v) is 5.53. The summed E-state index contributed by atoms with van der Waals surface area (Å²) >= 11 is 0. The van der Waals surface area contributed by atoms with E-state index in [9.17, 15) is 9.59 Å².